The maximum atomic E-state index is 5.80. The molecule has 0 aromatic rings. The van der Waals surface area contributed by atoms with E-state index in [0.717, 1.165) is 25.6 Å². The molecule has 0 aromatic carbocycles. The maximum Gasteiger partial charge on any atom is 0.191 e. The van der Waals surface area contributed by atoms with Gasteiger partial charge in [0.2, 0.25) is 0 Å². The maximum absolute atomic E-state index is 5.80. The predicted octanol–water partition coefficient (Wildman–Crippen LogP) is 1.84. The Bertz CT molecular complexity index is 337. The predicted molar refractivity (Wildman–Crippen MR) is 101 cm³/mol. The van der Waals surface area contributed by atoms with E-state index in [1.54, 1.807) is 7.05 Å². The van der Waals surface area contributed by atoms with Crippen molar-refractivity contribution >= 4 is 29.9 Å². The molecule has 0 amide bonds. The lowest BCUT2D eigenvalue weighted by Crippen LogP contribution is -2.59. The van der Waals surface area contributed by atoms with Crippen LogP contribution in [0.2, 0.25) is 0 Å². The van der Waals surface area contributed by atoms with Gasteiger partial charge in [-0.1, -0.05) is 6.08 Å². The van der Waals surface area contributed by atoms with E-state index in [4.69, 9.17) is 4.74 Å². The SMILES string of the molecule is C=CCNC(=NC)NCC(C)(C)N1CC(C)OC(C)C1.I. The fourth-order valence-electron chi connectivity index (χ4n) is 2.47. The molecule has 1 rings (SSSR count). The lowest BCUT2D eigenvalue weighted by Gasteiger charge is -2.45. The van der Waals surface area contributed by atoms with Gasteiger partial charge in [0.1, 0.15) is 0 Å². The second kappa shape index (κ2) is 9.63. The number of nitrogens with one attached hydrogen (secondary N) is 2. The number of rotatable bonds is 5. The van der Waals surface area contributed by atoms with Gasteiger partial charge in [-0.3, -0.25) is 9.89 Å². The van der Waals surface area contributed by atoms with Crippen molar-refractivity contribution in [3.05, 3.63) is 12.7 Å². The summed E-state index contributed by atoms with van der Waals surface area (Å²) in [5.74, 6) is 0.812. The Labute approximate surface area is 146 Å². The molecular weight excluding hydrogens is 379 g/mol. The smallest absolute Gasteiger partial charge is 0.191 e. The summed E-state index contributed by atoms with van der Waals surface area (Å²) in [5.41, 5.74) is 0.0537. The molecule has 0 spiro atoms. The lowest BCUT2D eigenvalue weighted by molar-refractivity contribution is -0.0946. The second-order valence-electron chi connectivity index (χ2n) is 6.07. The average molecular weight is 410 g/mol. The molecule has 2 atom stereocenters. The van der Waals surface area contributed by atoms with Crippen LogP contribution in [0.1, 0.15) is 27.7 Å². The first-order valence-corrected chi connectivity index (χ1v) is 7.35. The third-order valence-corrected chi connectivity index (χ3v) is 3.60. The molecule has 0 radical (unpaired) electrons. The Morgan fingerprint density at radius 2 is 1.90 bits per heavy atom. The molecule has 0 bridgehead atoms. The minimum atomic E-state index is 0. The molecule has 0 aromatic heterocycles. The molecule has 6 heteroatoms. The van der Waals surface area contributed by atoms with E-state index in [9.17, 15) is 0 Å². The van der Waals surface area contributed by atoms with E-state index in [-0.39, 0.29) is 41.7 Å². The van der Waals surface area contributed by atoms with Crippen molar-refractivity contribution in [3.8, 4) is 0 Å². The van der Waals surface area contributed by atoms with E-state index in [1.165, 1.54) is 0 Å². The molecule has 0 aliphatic carbocycles. The van der Waals surface area contributed by atoms with Crippen LogP contribution < -0.4 is 10.6 Å². The van der Waals surface area contributed by atoms with Crippen LogP contribution >= 0.6 is 24.0 Å². The van der Waals surface area contributed by atoms with Gasteiger partial charge in [0.25, 0.3) is 0 Å². The monoisotopic (exact) mass is 410 g/mol. The number of ether oxygens (including phenoxy) is 1. The van der Waals surface area contributed by atoms with Gasteiger partial charge < -0.3 is 15.4 Å². The third kappa shape index (κ3) is 6.97. The minimum Gasteiger partial charge on any atom is -0.373 e. The van der Waals surface area contributed by atoms with E-state index < -0.39 is 0 Å². The van der Waals surface area contributed by atoms with Crippen molar-refractivity contribution in [3.63, 3.8) is 0 Å². The highest BCUT2D eigenvalue weighted by Gasteiger charge is 2.33. The highest BCUT2D eigenvalue weighted by atomic mass is 127. The number of hydrogen-bond acceptors (Lipinski definition) is 3. The first-order valence-electron chi connectivity index (χ1n) is 7.35. The molecule has 2 unspecified atom stereocenters. The first-order chi connectivity index (χ1) is 9.39. The summed E-state index contributed by atoms with van der Waals surface area (Å²) >= 11 is 0. The van der Waals surface area contributed by atoms with Gasteiger partial charge in [-0.05, 0) is 27.7 Å². The summed E-state index contributed by atoms with van der Waals surface area (Å²) in [5, 5.41) is 6.57. The van der Waals surface area contributed by atoms with Crippen molar-refractivity contribution in [1.82, 2.24) is 15.5 Å². The van der Waals surface area contributed by atoms with Gasteiger partial charge in [-0.2, -0.15) is 0 Å². The molecule has 1 saturated heterocycles. The largest absolute Gasteiger partial charge is 0.373 e. The molecule has 5 nitrogen and oxygen atoms in total. The summed E-state index contributed by atoms with van der Waals surface area (Å²) in [6.45, 7) is 16.0. The summed E-state index contributed by atoms with van der Waals surface area (Å²) < 4.78 is 5.80. The summed E-state index contributed by atoms with van der Waals surface area (Å²) in [6.07, 6.45) is 2.40. The van der Waals surface area contributed by atoms with Gasteiger partial charge in [0.05, 0.1) is 12.2 Å². The molecule has 1 heterocycles. The van der Waals surface area contributed by atoms with Crippen LogP contribution in [-0.4, -0.2) is 61.8 Å². The standard InChI is InChI=1S/C15H30N4O.HI/c1-7-8-17-14(16-6)18-11-15(4,5)19-9-12(2)20-13(3)10-19;/h7,12-13H,1,8-11H2,2-6H3,(H2,16,17,18);1H. The van der Waals surface area contributed by atoms with Gasteiger partial charge in [-0.15, -0.1) is 30.6 Å². The topological polar surface area (TPSA) is 48.9 Å². The quantitative estimate of drug-likeness (QED) is 0.314. The van der Waals surface area contributed by atoms with Gasteiger partial charge in [0.15, 0.2) is 5.96 Å². The molecule has 21 heavy (non-hydrogen) atoms. The Morgan fingerprint density at radius 1 is 1.33 bits per heavy atom. The summed E-state index contributed by atoms with van der Waals surface area (Å²) in [6, 6.07) is 0. The molecule has 1 aliphatic heterocycles. The number of hydrogen-bond donors (Lipinski definition) is 2. The third-order valence-electron chi connectivity index (χ3n) is 3.60. The Balaban J connectivity index is 0.00000400. The second-order valence-corrected chi connectivity index (χ2v) is 6.07. The zero-order valence-electron chi connectivity index (χ0n) is 14.0. The van der Waals surface area contributed by atoms with Crippen LogP contribution in [0.3, 0.4) is 0 Å². The van der Waals surface area contributed by atoms with Crippen LogP contribution in [0.4, 0.5) is 0 Å². The normalized spacial score (nSPS) is 24.1. The first kappa shape index (κ1) is 20.7. The minimum absolute atomic E-state index is 0. The molecule has 2 N–H and O–H groups in total. The van der Waals surface area contributed by atoms with Crippen molar-refractivity contribution in [1.29, 1.82) is 0 Å². The van der Waals surface area contributed by atoms with Gasteiger partial charge >= 0.3 is 0 Å². The summed E-state index contributed by atoms with van der Waals surface area (Å²) in [7, 11) is 1.78. The van der Waals surface area contributed by atoms with Crippen molar-refractivity contribution in [2.45, 2.75) is 45.4 Å². The van der Waals surface area contributed by atoms with Crippen molar-refractivity contribution < 1.29 is 4.74 Å². The zero-order chi connectivity index (χ0) is 15.2. The number of aliphatic imine (C=N–C) groups is 1. The van der Waals surface area contributed by atoms with Crippen LogP contribution in [0.15, 0.2) is 17.6 Å². The number of nitrogens with zero attached hydrogens (tertiary/aromatic N) is 2. The van der Waals surface area contributed by atoms with Gasteiger partial charge in [0, 0.05) is 38.8 Å². The number of guanidine groups is 1. The van der Waals surface area contributed by atoms with E-state index >= 15 is 0 Å². The van der Waals surface area contributed by atoms with Crippen LogP contribution in [-0.2, 0) is 4.74 Å². The van der Waals surface area contributed by atoms with Crippen LogP contribution in [0, 0.1) is 0 Å². The zero-order valence-corrected chi connectivity index (χ0v) is 16.3. The highest BCUT2D eigenvalue weighted by Crippen LogP contribution is 2.20. The van der Waals surface area contributed by atoms with Crippen molar-refractivity contribution in [2.24, 2.45) is 4.99 Å². The van der Waals surface area contributed by atoms with E-state index in [1.807, 2.05) is 6.08 Å². The fourth-order valence-corrected chi connectivity index (χ4v) is 2.47. The van der Waals surface area contributed by atoms with Crippen LogP contribution in [0.25, 0.3) is 0 Å². The van der Waals surface area contributed by atoms with Gasteiger partial charge in [-0.25, -0.2) is 0 Å². The molecule has 1 fully saturated rings. The lowest BCUT2D eigenvalue weighted by atomic mass is 10.00. The Hall–Kier alpha value is -0.340. The van der Waals surface area contributed by atoms with Crippen LogP contribution in [0.5, 0.6) is 0 Å². The summed E-state index contributed by atoms with van der Waals surface area (Å²) in [4.78, 5) is 6.69. The van der Waals surface area contributed by atoms with Crippen molar-refractivity contribution in [2.75, 3.05) is 33.2 Å². The fraction of sp³-hybridized carbons (Fsp3) is 0.800. The molecule has 0 saturated carbocycles. The highest BCUT2D eigenvalue weighted by molar-refractivity contribution is 14.0. The molecular formula is C15H31IN4O. The number of halogens is 1. The number of morpholine rings is 1. The van der Waals surface area contributed by atoms with E-state index in [0.29, 0.717) is 6.54 Å². The molecule has 124 valence electrons. The average Bonchev–Trinajstić information content (AvgIpc) is 2.38. The Morgan fingerprint density at radius 3 is 2.38 bits per heavy atom. The molecule has 1 aliphatic rings. The van der Waals surface area contributed by atoms with E-state index in [2.05, 4.69) is 54.8 Å². The Kier molecular flexibility index (Phi) is 9.48.